The molecule has 0 aliphatic rings. The maximum atomic E-state index is 16.7. The highest BCUT2D eigenvalue weighted by atomic mass is 19.4. The SMILES string of the molecule is Nc1ccc(C(=O)Nc2cc(C(F)(c3ccc(O)c(NC(=O)c4ccc(N)cc4)c3)C(F)(F)C(F)(F)F)ccc2O)cc1. The first-order valence-electron chi connectivity index (χ1n) is 12.2. The van der Waals surface area contributed by atoms with Crippen LogP contribution in [0, 0.1) is 0 Å². The zero-order valence-electron chi connectivity index (χ0n) is 21.7. The number of alkyl halides is 6. The van der Waals surface area contributed by atoms with Gasteiger partial charge in [-0.1, -0.05) is 12.1 Å². The molecule has 4 rings (SSSR count). The van der Waals surface area contributed by atoms with Gasteiger partial charge < -0.3 is 32.3 Å². The van der Waals surface area contributed by atoms with Crippen LogP contribution in [0.1, 0.15) is 31.8 Å². The van der Waals surface area contributed by atoms with Gasteiger partial charge in [0.1, 0.15) is 11.5 Å². The molecule has 0 radical (unpaired) electrons. The molecule has 8 N–H and O–H groups in total. The third kappa shape index (κ3) is 5.84. The average molecular weight is 605 g/mol. The summed E-state index contributed by atoms with van der Waals surface area (Å²) in [7, 11) is 0. The Balaban J connectivity index is 1.81. The molecule has 0 unspecified atom stereocenters. The molecule has 8 nitrogen and oxygen atoms in total. The standard InChI is InChI=1S/C29H22F6N4O4/c30-27(28(31,32)29(33,34)35,17-5-11-23(40)21(13-17)38-25(42)15-1-7-19(36)8-2-15)18-6-12-24(41)22(14-18)39-26(43)16-3-9-20(37)10-4-16/h1-14,40-41H,36-37H2,(H,38,42)(H,39,43). The van der Waals surface area contributed by atoms with Crippen LogP contribution in [0.2, 0.25) is 0 Å². The summed E-state index contributed by atoms with van der Waals surface area (Å²) in [5.41, 5.74) is 2.98. The first kappa shape index (κ1) is 30.6. The summed E-state index contributed by atoms with van der Waals surface area (Å²) < 4.78 is 88.1. The lowest BCUT2D eigenvalue weighted by Gasteiger charge is -2.36. The Kier molecular flexibility index (Phi) is 7.90. The molecule has 4 aromatic rings. The molecule has 14 heteroatoms. The zero-order chi connectivity index (χ0) is 31.7. The smallest absolute Gasteiger partial charge is 0.457 e. The topological polar surface area (TPSA) is 151 Å². The molecular weight excluding hydrogens is 582 g/mol. The Morgan fingerprint density at radius 2 is 0.930 bits per heavy atom. The number of amides is 2. The Morgan fingerprint density at radius 3 is 1.26 bits per heavy atom. The van der Waals surface area contributed by atoms with Gasteiger partial charge in [-0.15, -0.1) is 0 Å². The molecule has 0 bridgehead atoms. The minimum Gasteiger partial charge on any atom is -0.506 e. The number of rotatable bonds is 7. The van der Waals surface area contributed by atoms with Crippen molar-refractivity contribution in [2.45, 2.75) is 17.8 Å². The number of anilines is 4. The van der Waals surface area contributed by atoms with Crippen LogP contribution in [0.3, 0.4) is 0 Å². The maximum Gasteiger partial charge on any atom is 0.457 e. The molecule has 0 atom stereocenters. The third-order valence-corrected chi connectivity index (χ3v) is 6.42. The third-order valence-electron chi connectivity index (χ3n) is 6.42. The summed E-state index contributed by atoms with van der Waals surface area (Å²) in [6.45, 7) is 0. The van der Waals surface area contributed by atoms with E-state index in [0.717, 1.165) is 0 Å². The number of hydrogen-bond acceptors (Lipinski definition) is 6. The van der Waals surface area contributed by atoms with Gasteiger partial charge in [0.05, 0.1) is 11.4 Å². The van der Waals surface area contributed by atoms with E-state index in [1.807, 2.05) is 0 Å². The fourth-order valence-corrected chi connectivity index (χ4v) is 4.08. The summed E-state index contributed by atoms with van der Waals surface area (Å²) in [6.07, 6.45) is -6.45. The Hall–Kier alpha value is -5.40. The van der Waals surface area contributed by atoms with Gasteiger partial charge in [-0.3, -0.25) is 9.59 Å². The quantitative estimate of drug-likeness (QED) is 0.0843. The highest BCUT2D eigenvalue weighted by molar-refractivity contribution is 6.06. The summed E-state index contributed by atoms with van der Waals surface area (Å²) >= 11 is 0. The Morgan fingerprint density at radius 1 is 0.581 bits per heavy atom. The van der Waals surface area contributed by atoms with Crippen molar-refractivity contribution in [1.82, 2.24) is 0 Å². The highest BCUT2D eigenvalue weighted by Gasteiger charge is 2.72. The lowest BCUT2D eigenvalue weighted by atomic mass is 9.81. The number of halogens is 6. The second-order valence-electron chi connectivity index (χ2n) is 9.35. The van der Waals surface area contributed by atoms with Crippen molar-refractivity contribution in [2.75, 3.05) is 22.1 Å². The number of benzene rings is 4. The molecule has 2 amide bonds. The van der Waals surface area contributed by atoms with E-state index in [0.29, 0.717) is 47.8 Å². The Labute approximate surface area is 239 Å². The van der Waals surface area contributed by atoms with Crippen LogP contribution in [0.15, 0.2) is 84.9 Å². The largest absolute Gasteiger partial charge is 0.506 e. The van der Waals surface area contributed by atoms with Crippen molar-refractivity contribution < 1.29 is 46.1 Å². The summed E-state index contributed by atoms with van der Waals surface area (Å²) in [4.78, 5) is 25.3. The molecule has 0 aromatic heterocycles. The highest BCUT2D eigenvalue weighted by Crippen LogP contribution is 2.55. The van der Waals surface area contributed by atoms with Crippen LogP contribution in [0.25, 0.3) is 0 Å². The first-order chi connectivity index (χ1) is 20.0. The molecule has 0 heterocycles. The molecular formula is C29H22F6N4O4. The number of phenols is 2. The van der Waals surface area contributed by atoms with Crippen LogP contribution in [-0.2, 0) is 5.67 Å². The van der Waals surface area contributed by atoms with Crippen molar-refractivity contribution >= 4 is 34.6 Å². The Bertz CT molecular complexity index is 1570. The van der Waals surface area contributed by atoms with Crippen LogP contribution < -0.4 is 22.1 Å². The second kappa shape index (κ2) is 11.1. The van der Waals surface area contributed by atoms with Gasteiger partial charge in [0, 0.05) is 33.6 Å². The van der Waals surface area contributed by atoms with Crippen LogP contribution in [0.4, 0.5) is 49.1 Å². The fraction of sp³-hybridized carbons (Fsp3) is 0.103. The number of nitrogens with one attached hydrogen (secondary N) is 2. The van der Waals surface area contributed by atoms with Gasteiger partial charge in [0.25, 0.3) is 11.8 Å². The second-order valence-corrected chi connectivity index (χ2v) is 9.35. The van der Waals surface area contributed by atoms with Gasteiger partial charge in [0.2, 0.25) is 5.67 Å². The molecule has 0 aliphatic heterocycles. The lowest BCUT2D eigenvalue weighted by Crippen LogP contribution is -2.53. The molecule has 224 valence electrons. The van der Waals surface area contributed by atoms with Gasteiger partial charge >= 0.3 is 12.1 Å². The van der Waals surface area contributed by atoms with Crippen LogP contribution in [0.5, 0.6) is 11.5 Å². The minimum absolute atomic E-state index is 0.0221. The minimum atomic E-state index is -6.45. The molecule has 4 aromatic carbocycles. The van der Waals surface area contributed by atoms with E-state index in [2.05, 4.69) is 10.6 Å². The number of nitrogen functional groups attached to an aromatic ring is 2. The van der Waals surface area contributed by atoms with Crippen molar-refractivity contribution in [3.63, 3.8) is 0 Å². The van der Waals surface area contributed by atoms with E-state index in [9.17, 15) is 33.0 Å². The van der Waals surface area contributed by atoms with Crippen molar-refractivity contribution in [1.29, 1.82) is 0 Å². The van der Waals surface area contributed by atoms with Gasteiger partial charge in [-0.05, 0) is 72.8 Å². The number of phenolic OH excluding ortho intramolecular Hbond substituents is 2. The molecule has 0 aliphatic carbocycles. The average Bonchev–Trinajstić information content (AvgIpc) is 2.94. The van der Waals surface area contributed by atoms with Crippen LogP contribution >= 0.6 is 0 Å². The molecule has 0 spiro atoms. The zero-order valence-corrected chi connectivity index (χ0v) is 21.7. The number of carbonyl (C=O) groups is 2. The fourth-order valence-electron chi connectivity index (χ4n) is 4.08. The summed E-state index contributed by atoms with van der Waals surface area (Å²) in [6, 6.07) is 13.6. The van der Waals surface area contributed by atoms with Gasteiger partial charge in [0.15, 0.2) is 0 Å². The van der Waals surface area contributed by atoms with E-state index in [1.165, 1.54) is 48.5 Å². The van der Waals surface area contributed by atoms with Crippen LogP contribution in [-0.4, -0.2) is 34.1 Å². The summed E-state index contributed by atoms with van der Waals surface area (Å²) in [5, 5.41) is 24.7. The molecule has 0 fully saturated rings. The van der Waals surface area contributed by atoms with E-state index < -0.39 is 63.6 Å². The van der Waals surface area contributed by atoms with E-state index in [-0.39, 0.29) is 11.1 Å². The number of hydrogen-bond donors (Lipinski definition) is 6. The normalized spacial score (nSPS) is 12.0. The lowest BCUT2D eigenvalue weighted by molar-refractivity contribution is -0.323. The monoisotopic (exact) mass is 604 g/mol. The van der Waals surface area contributed by atoms with E-state index in [1.54, 1.807) is 0 Å². The van der Waals surface area contributed by atoms with Crippen molar-refractivity contribution in [2.24, 2.45) is 0 Å². The van der Waals surface area contributed by atoms with Gasteiger partial charge in [-0.2, -0.15) is 22.0 Å². The molecule has 0 saturated heterocycles. The first-order valence-corrected chi connectivity index (χ1v) is 12.2. The van der Waals surface area contributed by atoms with Crippen molar-refractivity contribution in [3.05, 3.63) is 107 Å². The van der Waals surface area contributed by atoms with Crippen molar-refractivity contribution in [3.8, 4) is 11.5 Å². The van der Waals surface area contributed by atoms with E-state index in [4.69, 9.17) is 11.5 Å². The molecule has 43 heavy (non-hydrogen) atoms. The molecule has 0 saturated carbocycles. The predicted octanol–water partition coefficient (Wildman–Crippen LogP) is 6.18. The van der Waals surface area contributed by atoms with Gasteiger partial charge in [-0.25, -0.2) is 4.39 Å². The predicted molar refractivity (Wildman–Crippen MR) is 147 cm³/mol. The van der Waals surface area contributed by atoms with E-state index >= 15 is 13.2 Å². The number of aromatic hydroxyl groups is 2. The number of nitrogens with two attached hydrogens (primary N) is 2. The summed E-state index contributed by atoms with van der Waals surface area (Å²) in [5.74, 6) is -9.49. The number of carbonyl (C=O) groups excluding carboxylic acids is 2. The maximum absolute atomic E-state index is 16.7.